The Morgan fingerprint density at radius 3 is 2.56 bits per heavy atom. The van der Waals surface area contributed by atoms with Gasteiger partial charge in [-0.05, 0) is 31.2 Å². The molecule has 2 heteroatoms. The lowest BCUT2D eigenvalue weighted by atomic mass is 9.75. The van der Waals surface area contributed by atoms with Gasteiger partial charge in [0.05, 0.1) is 0 Å². The number of nitrogens with two attached hydrogens (primary N) is 1. The van der Waals surface area contributed by atoms with Gasteiger partial charge in [0.1, 0.15) is 6.17 Å². The van der Waals surface area contributed by atoms with Gasteiger partial charge in [-0.15, -0.1) is 0 Å². The van der Waals surface area contributed by atoms with Gasteiger partial charge in [0.15, 0.2) is 0 Å². The van der Waals surface area contributed by atoms with Crippen LogP contribution in [0.25, 0.3) is 0 Å². The zero-order valence-corrected chi connectivity index (χ0v) is 5.81. The van der Waals surface area contributed by atoms with Gasteiger partial charge in [0.2, 0.25) is 0 Å². The van der Waals surface area contributed by atoms with Crippen LogP contribution in [-0.2, 0) is 0 Å². The predicted octanol–water partition coefficient (Wildman–Crippen LogP) is 1.33. The van der Waals surface area contributed by atoms with Crippen LogP contribution in [0.15, 0.2) is 0 Å². The quantitative estimate of drug-likeness (QED) is 0.601. The van der Waals surface area contributed by atoms with Crippen LogP contribution >= 0.6 is 0 Å². The first-order valence-electron chi connectivity index (χ1n) is 3.58. The lowest BCUT2D eigenvalue weighted by Crippen LogP contribution is -2.33. The van der Waals surface area contributed by atoms with Crippen molar-refractivity contribution in [2.24, 2.45) is 17.6 Å². The molecule has 0 aromatic heterocycles. The summed E-state index contributed by atoms with van der Waals surface area (Å²) in [4.78, 5) is 0. The molecule has 0 saturated heterocycles. The Kier molecular flexibility index (Phi) is 2.06. The highest BCUT2D eigenvalue weighted by Gasteiger charge is 2.31. The van der Waals surface area contributed by atoms with Crippen LogP contribution in [0.4, 0.5) is 4.39 Å². The molecule has 9 heavy (non-hydrogen) atoms. The Morgan fingerprint density at radius 1 is 1.67 bits per heavy atom. The zero-order valence-electron chi connectivity index (χ0n) is 5.81. The maximum atomic E-state index is 12.2. The van der Waals surface area contributed by atoms with Crippen molar-refractivity contribution < 1.29 is 4.39 Å². The fourth-order valence-electron chi connectivity index (χ4n) is 1.25. The van der Waals surface area contributed by atoms with E-state index >= 15 is 0 Å². The summed E-state index contributed by atoms with van der Waals surface area (Å²) < 4.78 is 12.2. The molecule has 1 aliphatic rings. The maximum Gasteiger partial charge on any atom is 0.101 e. The van der Waals surface area contributed by atoms with Crippen molar-refractivity contribution in [2.45, 2.75) is 25.9 Å². The first-order chi connectivity index (χ1) is 4.24. The summed E-state index contributed by atoms with van der Waals surface area (Å²) >= 11 is 0. The minimum atomic E-state index is -0.524. The van der Waals surface area contributed by atoms with E-state index in [4.69, 9.17) is 5.73 Å². The number of alkyl halides is 1. The summed E-state index contributed by atoms with van der Waals surface area (Å²) in [7, 11) is 0. The van der Waals surface area contributed by atoms with Crippen molar-refractivity contribution in [3.05, 3.63) is 0 Å². The monoisotopic (exact) mass is 131 g/mol. The van der Waals surface area contributed by atoms with Crippen LogP contribution in [0.2, 0.25) is 0 Å². The van der Waals surface area contributed by atoms with Crippen LogP contribution in [0.5, 0.6) is 0 Å². The number of hydrogen-bond donors (Lipinski definition) is 1. The molecule has 1 atom stereocenters. The first-order valence-corrected chi connectivity index (χ1v) is 3.58. The van der Waals surface area contributed by atoms with Gasteiger partial charge in [-0.25, -0.2) is 4.39 Å². The summed E-state index contributed by atoms with van der Waals surface area (Å²) in [6.45, 7) is 2.80. The van der Waals surface area contributed by atoms with Gasteiger partial charge < -0.3 is 5.73 Å². The molecular weight excluding hydrogens is 117 g/mol. The van der Waals surface area contributed by atoms with E-state index in [0.717, 1.165) is 12.8 Å². The normalized spacial score (nSPS) is 37.7. The van der Waals surface area contributed by atoms with Gasteiger partial charge in [-0.1, -0.05) is 6.92 Å². The third kappa shape index (κ3) is 1.42. The second-order valence-corrected chi connectivity index (χ2v) is 3.04. The minimum absolute atomic E-state index is 0.524. The van der Waals surface area contributed by atoms with Crippen molar-refractivity contribution in [1.29, 1.82) is 0 Å². The number of halogens is 1. The van der Waals surface area contributed by atoms with E-state index in [1.807, 2.05) is 0 Å². The predicted molar refractivity (Wildman–Crippen MR) is 35.8 cm³/mol. The summed E-state index contributed by atoms with van der Waals surface area (Å²) in [5, 5.41) is 0. The highest BCUT2D eigenvalue weighted by molar-refractivity contribution is 4.82. The molecule has 0 unspecified atom stereocenters. The van der Waals surface area contributed by atoms with Crippen LogP contribution in [0.3, 0.4) is 0 Å². The molecule has 0 radical (unpaired) electrons. The summed E-state index contributed by atoms with van der Waals surface area (Å²) in [6.07, 6.45) is 0.973. The average molecular weight is 131 g/mol. The van der Waals surface area contributed by atoms with E-state index in [0.29, 0.717) is 18.4 Å². The third-order valence-corrected chi connectivity index (χ3v) is 2.29. The summed E-state index contributed by atoms with van der Waals surface area (Å²) in [5.41, 5.74) is 5.41. The summed E-state index contributed by atoms with van der Waals surface area (Å²) in [6, 6.07) is 0. The lowest BCUT2D eigenvalue weighted by molar-refractivity contribution is 0.0929. The molecule has 1 aliphatic carbocycles. The Hall–Kier alpha value is -0.110. The van der Waals surface area contributed by atoms with Crippen molar-refractivity contribution in [1.82, 2.24) is 0 Å². The van der Waals surface area contributed by atoms with E-state index in [9.17, 15) is 4.39 Å². The molecular formula is C7H14FN. The second-order valence-electron chi connectivity index (χ2n) is 3.04. The Balaban J connectivity index is 2.15. The minimum Gasteiger partial charge on any atom is -0.330 e. The maximum absolute atomic E-state index is 12.2. The molecule has 0 heterocycles. The molecule has 0 aromatic carbocycles. The van der Waals surface area contributed by atoms with Crippen LogP contribution in [0.1, 0.15) is 19.8 Å². The van der Waals surface area contributed by atoms with E-state index < -0.39 is 6.17 Å². The molecule has 1 rings (SSSR count). The van der Waals surface area contributed by atoms with Crippen LogP contribution < -0.4 is 5.73 Å². The van der Waals surface area contributed by atoms with E-state index in [2.05, 4.69) is 6.92 Å². The summed E-state index contributed by atoms with van der Waals surface area (Å²) in [5.74, 6) is 1.10. The number of rotatable bonds is 2. The molecule has 2 N–H and O–H groups in total. The van der Waals surface area contributed by atoms with Gasteiger partial charge in [-0.2, -0.15) is 0 Å². The molecule has 0 amide bonds. The highest BCUT2D eigenvalue weighted by atomic mass is 19.1. The molecule has 0 aromatic rings. The molecule has 1 fully saturated rings. The molecule has 0 aliphatic heterocycles. The van der Waals surface area contributed by atoms with Crippen molar-refractivity contribution in [2.75, 3.05) is 6.54 Å². The van der Waals surface area contributed by atoms with Crippen molar-refractivity contribution in [3.8, 4) is 0 Å². The topological polar surface area (TPSA) is 26.0 Å². The van der Waals surface area contributed by atoms with Gasteiger partial charge in [-0.3, -0.25) is 0 Å². The fourth-order valence-corrected chi connectivity index (χ4v) is 1.25. The number of hydrogen-bond acceptors (Lipinski definition) is 1. The van der Waals surface area contributed by atoms with Crippen LogP contribution in [0, 0.1) is 11.8 Å². The lowest BCUT2D eigenvalue weighted by Gasteiger charge is -2.33. The fraction of sp³-hybridized carbons (Fsp3) is 1.00. The van der Waals surface area contributed by atoms with E-state index in [1.165, 1.54) is 0 Å². The van der Waals surface area contributed by atoms with Crippen LogP contribution in [-0.4, -0.2) is 12.7 Å². The molecule has 1 nitrogen and oxygen atoms in total. The Bertz CT molecular complexity index is 88.9. The standard InChI is InChI=1S/C7H14FN/c1-5(4-9)6-2-7(8)3-6/h5-7H,2-4,9H2,1H3/t5-,6?,7?/m1/s1. The zero-order chi connectivity index (χ0) is 6.85. The highest BCUT2D eigenvalue weighted by Crippen LogP contribution is 2.35. The first kappa shape index (κ1) is 7.00. The largest absolute Gasteiger partial charge is 0.330 e. The molecule has 1 saturated carbocycles. The van der Waals surface area contributed by atoms with Gasteiger partial charge >= 0.3 is 0 Å². The average Bonchev–Trinajstić information content (AvgIpc) is 1.79. The molecule has 0 spiro atoms. The Morgan fingerprint density at radius 2 is 2.22 bits per heavy atom. The smallest absolute Gasteiger partial charge is 0.101 e. The Labute approximate surface area is 55.4 Å². The van der Waals surface area contributed by atoms with Gasteiger partial charge in [0.25, 0.3) is 0 Å². The second kappa shape index (κ2) is 2.65. The molecule has 54 valence electrons. The van der Waals surface area contributed by atoms with Gasteiger partial charge in [0, 0.05) is 0 Å². The van der Waals surface area contributed by atoms with E-state index in [1.54, 1.807) is 0 Å². The molecule has 0 bridgehead atoms. The SMILES string of the molecule is C[C@H](CN)C1CC(F)C1. The third-order valence-electron chi connectivity index (χ3n) is 2.29. The van der Waals surface area contributed by atoms with E-state index in [-0.39, 0.29) is 0 Å². The van der Waals surface area contributed by atoms with Crippen molar-refractivity contribution >= 4 is 0 Å². The van der Waals surface area contributed by atoms with Crippen molar-refractivity contribution in [3.63, 3.8) is 0 Å².